The predicted octanol–water partition coefficient (Wildman–Crippen LogP) is 4.59. The number of hydrogen-bond donors (Lipinski definition) is 2. The van der Waals surface area contributed by atoms with Crippen molar-refractivity contribution in [3.8, 4) is 0 Å². The zero-order valence-corrected chi connectivity index (χ0v) is 16.8. The molecule has 5 nitrogen and oxygen atoms in total. The first-order valence-corrected chi connectivity index (χ1v) is 10.1. The first-order chi connectivity index (χ1) is 14.1. The number of halogens is 1. The molecule has 7 heteroatoms. The van der Waals surface area contributed by atoms with Crippen molar-refractivity contribution in [2.24, 2.45) is 5.10 Å². The second-order valence-corrected chi connectivity index (χ2v) is 7.72. The van der Waals surface area contributed by atoms with Crippen LogP contribution in [0, 0.1) is 0 Å². The molecule has 0 aliphatic heterocycles. The van der Waals surface area contributed by atoms with Crippen molar-refractivity contribution < 1.29 is 9.59 Å². The number of carbonyl (C=O) groups excluding carboxylic acids is 2. The van der Waals surface area contributed by atoms with E-state index in [0.717, 1.165) is 26.4 Å². The molecule has 0 bridgehead atoms. The summed E-state index contributed by atoms with van der Waals surface area (Å²) in [5.74, 6) is -0.809. The summed E-state index contributed by atoms with van der Waals surface area (Å²) < 4.78 is 0.923. The third-order valence-corrected chi connectivity index (χ3v) is 6.04. The lowest BCUT2D eigenvalue weighted by Crippen LogP contribution is -2.34. The molecule has 0 radical (unpaired) electrons. The molecular weight excluding hydrogens is 406 g/mol. The van der Waals surface area contributed by atoms with Gasteiger partial charge >= 0.3 is 0 Å². The van der Waals surface area contributed by atoms with E-state index in [-0.39, 0.29) is 12.5 Å². The number of rotatable bonds is 5. The van der Waals surface area contributed by atoms with Crippen LogP contribution in [0.15, 0.2) is 71.8 Å². The molecule has 0 aliphatic rings. The van der Waals surface area contributed by atoms with Crippen LogP contribution in [0.2, 0.25) is 5.02 Å². The van der Waals surface area contributed by atoms with Gasteiger partial charge in [-0.3, -0.25) is 9.59 Å². The summed E-state index contributed by atoms with van der Waals surface area (Å²) in [4.78, 5) is 24.8. The van der Waals surface area contributed by atoms with E-state index < -0.39 is 5.91 Å². The van der Waals surface area contributed by atoms with Gasteiger partial charge in [0.05, 0.1) is 17.8 Å². The highest BCUT2D eigenvalue weighted by atomic mass is 35.5. The minimum absolute atomic E-state index is 0.198. The number of amides is 2. The number of hydrogen-bond acceptors (Lipinski definition) is 4. The molecule has 3 aromatic carbocycles. The van der Waals surface area contributed by atoms with Gasteiger partial charge in [-0.1, -0.05) is 72.3 Å². The molecule has 0 atom stereocenters. The molecule has 2 N–H and O–H groups in total. The Morgan fingerprint density at radius 1 is 0.966 bits per heavy atom. The molecule has 2 amide bonds. The lowest BCUT2D eigenvalue weighted by molar-refractivity contribution is -0.120. The summed E-state index contributed by atoms with van der Waals surface area (Å²) in [6, 6.07) is 21.3. The molecule has 0 saturated heterocycles. The quantitative estimate of drug-likeness (QED) is 0.365. The molecule has 4 rings (SSSR count). The van der Waals surface area contributed by atoms with E-state index in [0.29, 0.717) is 9.90 Å². The number of thiophene rings is 1. The second kappa shape index (κ2) is 8.43. The van der Waals surface area contributed by atoms with Crippen molar-refractivity contribution >= 4 is 61.8 Å². The Labute approximate surface area is 176 Å². The molecule has 1 aromatic heterocycles. The molecule has 0 aliphatic carbocycles. The molecule has 0 fully saturated rings. The third-order valence-electron chi connectivity index (χ3n) is 4.37. The van der Waals surface area contributed by atoms with Gasteiger partial charge in [0.1, 0.15) is 4.88 Å². The van der Waals surface area contributed by atoms with Crippen LogP contribution < -0.4 is 10.7 Å². The van der Waals surface area contributed by atoms with Crippen LogP contribution in [0.5, 0.6) is 0 Å². The minimum Gasteiger partial charge on any atom is -0.342 e. The highest BCUT2D eigenvalue weighted by Crippen LogP contribution is 2.34. The number of nitrogens with zero attached hydrogens (tertiary/aromatic N) is 1. The number of hydrazone groups is 1. The monoisotopic (exact) mass is 421 g/mol. The maximum atomic E-state index is 12.4. The first-order valence-electron chi connectivity index (χ1n) is 8.88. The van der Waals surface area contributed by atoms with Crippen molar-refractivity contribution in [3.05, 3.63) is 82.2 Å². The van der Waals surface area contributed by atoms with Gasteiger partial charge < -0.3 is 5.32 Å². The smallest absolute Gasteiger partial charge is 0.263 e. The normalized spacial score (nSPS) is 11.2. The van der Waals surface area contributed by atoms with Crippen LogP contribution in [0.25, 0.3) is 20.9 Å². The summed E-state index contributed by atoms with van der Waals surface area (Å²) in [5.41, 5.74) is 3.32. The zero-order valence-electron chi connectivity index (χ0n) is 15.2. The van der Waals surface area contributed by atoms with E-state index in [1.807, 2.05) is 66.7 Å². The number of fused-ring (bicyclic) bond motifs is 2. The highest BCUT2D eigenvalue weighted by Gasteiger charge is 2.17. The van der Waals surface area contributed by atoms with Crippen LogP contribution in [0.3, 0.4) is 0 Å². The van der Waals surface area contributed by atoms with Gasteiger partial charge in [-0.2, -0.15) is 5.10 Å². The molecule has 144 valence electrons. The third kappa shape index (κ3) is 4.13. The van der Waals surface area contributed by atoms with Gasteiger partial charge in [-0.15, -0.1) is 11.3 Å². The maximum absolute atomic E-state index is 12.4. The summed E-state index contributed by atoms with van der Waals surface area (Å²) in [6.45, 7) is -0.198. The van der Waals surface area contributed by atoms with Gasteiger partial charge in [0, 0.05) is 15.6 Å². The predicted molar refractivity (Wildman–Crippen MR) is 119 cm³/mol. The van der Waals surface area contributed by atoms with Crippen molar-refractivity contribution in [2.45, 2.75) is 0 Å². The topological polar surface area (TPSA) is 70.6 Å². The summed E-state index contributed by atoms with van der Waals surface area (Å²) in [6.07, 6.45) is 1.59. The number of nitrogens with one attached hydrogen (secondary N) is 2. The van der Waals surface area contributed by atoms with Gasteiger partial charge in [0.2, 0.25) is 0 Å². The van der Waals surface area contributed by atoms with Gasteiger partial charge in [-0.25, -0.2) is 5.43 Å². The standard InChI is InChI=1S/C22H16ClN3O2S/c23-20-17-10-3-4-11-18(17)29-21(20)22(28)24-13-19(27)26-25-12-15-8-5-7-14-6-1-2-9-16(14)15/h1-12H,13H2,(H,24,28)(H,26,27)/b25-12-. The first kappa shape index (κ1) is 19.1. The van der Waals surface area contributed by atoms with Crippen LogP contribution in [-0.4, -0.2) is 24.6 Å². The molecule has 0 spiro atoms. The Hall–Kier alpha value is -3.22. The van der Waals surface area contributed by atoms with Crippen LogP contribution >= 0.6 is 22.9 Å². The van der Waals surface area contributed by atoms with Crippen molar-refractivity contribution in [1.29, 1.82) is 0 Å². The molecule has 4 aromatic rings. The Balaban J connectivity index is 1.36. The Bertz CT molecular complexity index is 1240. The van der Waals surface area contributed by atoms with E-state index >= 15 is 0 Å². The Morgan fingerprint density at radius 3 is 2.52 bits per heavy atom. The fourth-order valence-electron chi connectivity index (χ4n) is 2.98. The van der Waals surface area contributed by atoms with E-state index in [1.54, 1.807) is 6.21 Å². The van der Waals surface area contributed by atoms with Crippen molar-refractivity contribution in [3.63, 3.8) is 0 Å². The average molecular weight is 422 g/mol. The van der Waals surface area contributed by atoms with E-state index in [9.17, 15) is 9.59 Å². The van der Waals surface area contributed by atoms with Gasteiger partial charge in [0.25, 0.3) is 11.8 Å². The van der Waals surface area contributed by atoms with Gasteiger partial charge in [-0.05, 0) is 16.8 Å². The minimum atomic E-state index is -0.424. The lowest BCUT2D eigenvalue weighted by Gasteiger charge is -2.04. The van der Waals surface area contributed by atoms with Crippen LogP contribution in [0.1, 0.15) is 15.2 Å². The Morgan fingerprint density at radius 2 is 1.69 bits per heavy atom. The van der Waals surface area contributed by atoms with Gasteiger partial charge in [0.15, 0.2) is 0 Å². The number of benzene rings is 3. The molecule has 0 unspecified atom stereocenters. The summed E-state index contributed by atoms with van der Waals surface area (Å²) >= 11 is 7.59. The van der Waals surface area contributed by atoms with Crippen molar-refractivity contribution in [2.75, 3.05) is 6.54 Å². The largest absolute Gasteiger partial charge is 0.342 e. The van der Waals surface area contributed by atoms with Crippen molar-refractivity contribution in [1.82, 2.24) is 10.7 Å². The fraction of sp³-hybridized carbons (Fsp3) is 0.0455. The molecule has 1 heterocycles. The maximum Gasteiger partial charge on any atom is 0.263 e. The highest BCUT2D eigenvalue weighted by molar-refractivity contribution is 7.21. The van der Waals surface area contributed by atoms with E-state index in [4.69, 9.17) is 11.6 Å². The molecule has 29 heavy (non-hydrogen) atoms. The summed E-state index contributed by atoms with van der Waals surface area (Å²) in [7, 11) is 0. The number of carbonyl (C=O) groups is 2. The SMILES string of the molecule is O=C(CNC(=O)c1sc2ccccc2c1Cl)N/N=C\c1cccc2ccccc12. The molecular formula is C22H16ClN3O2S. The van der Waals surface area contributed by atoms with E-state index in [2.05, 4.69) is 15.8 Å². The zero-order chi connectivity index (χ0) is 20.2. The average Bonchev–Trinajstić information content (AvgIpc) is 3.09. The van der Waals surface area contributed by atoms with Crippen LogP contribution in [-0.2, 0) is 4.79 Å². The van der Waals surface area contributed by atoms with E-state index in [1.165, 1.54) is 11.3 Å². The van der Waals surface area contributed by atoms with Crippen LogP contribution in [0.4, 0.5) is 0 Å². The lowest BCUT2D eigenvalue weighted by atomic mass is 10.1. The Kier molecular flexibility index (Phi) is 5.55. The summed E-state index contributed by atoms with van der Waals surface area (Å²) in [5, 5.41) is 9.94. The molecule has 0 saturated carbocycles. The second-order valence-electron chi connectivity index (χ2n) is 6.29. The fourth-order valence-corrected chi connectivity index (χ4v) is 4.41.